The fourth-order valence-corrected chi connectivity index (χ4v) is 2.89. The zero-order chi connectivity index (χ0) is 15.5. The van der Waals surface area contributed by atoms with E-state index in [0.717, 1.165) is 31.4 Å². The summed E-state index contributed by atoms with van der Waals surface area (Å²) < 4.78 is 27.7. The number of esters is 1. The molecule has 0 aromatic heterocycles. The summed E-state index contributed by atoms with van der Waals surface area (Å²) >= 11 is 0. The summed E-state index contributed by atoms with van der Waals surface area (Å²) in [7, 11) is -2.86. The normalized spacial score (nSPS) is 14.9. The minimum absolute atomic E-state index is 0.0981. The Bertz CT molecular complexity index is 675. The smallest absolute Gasteiger partial charge is 0.339 e. The highest BCUT2D eigenvalue weighted by atomic mass is 32.2. The first-order chi connectivity index (χ1) is 9.91. The maximum absolute atomic E-state index is 11.6. The molecule has 1 aromatic carbocycles. The molecule has 7 nitrogen and oxygen atoms in total. The van der Waals surface area contributed by atoms with Gasteiger partial charge in [-0.25, -0.2) is 18.4 Å². The molecule has 0 atom stereocenters. The number of primary sulfonamides is 1. The average Bonchev–Trinajstić information content (AvgIpc) is 2.96. The molecule has 0 spiro atoms. The van der Waals surface area contributed by atoms with Crippen LogP contribution in [-0.2, 0) is 14.8 Å². The van der Waals surface area contributed by atoms with E-state index < -0.39 is 16.0 Å². The largest absolute Gasteiger partial charge is 0.465 e. The summed E-state index contributed by atoms with van der Waals surface area (Å²) in [5, 5.41) is 9.36. The molecular weight excluding hydrogens is 294 g/mol. The maximum atomic E-state index is 11.6. The van der Waals surface area contributed by atoms with E-state index >= 15 is 0 Å². The van der Waals surface area contributed by atoms with Crippen molar-refractivity contribution in [2.75, 3.05) is 12.5 Å². The summed E-state index contributed by atoms with van der Waals surface area (Å²) in [6, 6.07) is 4.18. The Morgan fingerprint density at radius 2 is 2.00 bits per heavy atom. The Morgan fingerprint density at radius 1 is 1.33 bits per heavy atom. The van der Waals surface area contributed by atoms with Gasteiger partial charge in [-0.3, -0.25) is 5.43 Å². The fourth-order valence-electron chi connectivity index (χ4n) is 2.14. The molecule has 0 amide bonds. The van der Waals surface area contributed by atoms with Crippen molar-refractivity contribution in [2.45, 2.75) is 30.6 Å². The first-order valence-electron chi connectivity index (χ1n) is 6.48. The van der Waals surface area contributed by atoms with Crippen molar-refractivity contribution >= 4 is 27.4 Å². The monoisotopic (exact) mass is 311 g/mol. The quantitative estimate of drug-likeness (QED) is 0.646. The molecule has 1 saturated carbocycles. The number of hydrazone groups is 1. The number of benzene rings is 1. The third-order valence-corrected chi connectivity index (χ3v) is 4.17. The van der Waals surface area contributed by atoms with Crippen molar-refractivity contribution in [3.63, 3.8) is 0 Å². The Balaban J connectivity index is 2.33. The molecule has 1 aromatic rings. The Labute approximate surface area is 123 Å². The van der Waals surface area contributed by atoms with E-state index in [4.69, 9.17) is 5.14 Å². The lowest BCUT2D eigenvalue weighted by molar-refractivity contribution is 0.0596. The Hall–Kier alpha value is -1.93. The van der Waals surface area contributed by atoms with Gasteiger partial charge in [0.25, 0.3) is 0 Å². The van der Waals surface area contributed by atoms with E-state index in [2.05, 4.69) is 15.3 Å². The number of hydrogen-bond donors (Lipinski definition) is 2. The highest BCUT2D eigenvalue weighted by molar-refractivity contribution is 7.89. The van der Waals surface area contributed by atoms with Crippen molar-refractivity contribution < 1.29 is 17.9 Å². The summed E-state index contributed by atoms with van der Waals surface area (Å²) in [6.45, 7) is 0. The van der Waals surface area contributed by atoms with Gasteiger partial charge in [0.1, 0.15) is 0 Å². The van der Waals surface area contributed by atoms with Crippen LogP contribution in [0, 0.1) is 0 Å². The number of hydrogen-bond acceptors (Lipinski definition) is 6. The van der Waals surface area contributed by atoms with Gasteiger partial charge < -0.3 is 4.74 Å². The van der Waals surface area contributed by atoms with Crippen LogP contribution in [0.1, 0.15) is 36.0 Å². The summed E-state index contributed by atoms with van der Waals surface area (Å²) in [5.41, 5.74) is 4.20. The van der Waals surface area contributed by atoms with E-state index in [1.807, 2.05) is 0 Å². The summed E-state index contributed by atoms with van der Waals surface area (Å²) in [4.78, 5) is 11.3. The topological polar surface area (TPSA) is 111 Å². The zero-order valence-electron chi connectivity index (χ0n) is 11.6. The van der Waals surface area contributed by atoms with Crippen LogP contribution >= 0.6 is 0 Å². The van der Waals surface area contributed by atoms with Crippen LogP contribution in [0.15, 0.2) is 28.2 Å². The fraction of sp³-hybridized carbons (Fsp3) is 0.385. The van der Waals surface area contributed by atoms with Gasteiger partial charge in [0.05, 0.1) is 23.3 Å². The molecule has 0 radical (unpaired) electrons. The van der Waals surface area contributed by atoms with Crippen molar-refractivity contribution in [3.8, 4) is 0 Å². The first kappa shape index (κ1) is 15.5. The lowest BCUT2D eigenvalue weighted by Crippen LogP contribution is -2.17. The number of carbonyl (C=O) groups excluding carboxylic acids is 1. The second-order valence-corrected chi connectivity index (χ2v) is 6.27. The van der Waals surface area contributed by atoms with Crippen LogP contribution < -0.4 is 10.6 Å². The molecule has 0 saturated heterocycles. The summed E-state index contributed by atoms with van der Waals surface area (Å²) in [6.07, 6.45) is 4.11. The van der Waals surface area contributed by atoms with Crippen molar-refractivity contribution in [1.82, 2.24) is 0 Å². The molecular formula is C13H17N3O4S. The first-order valence-corrected chi connectivity index (χ1v) is 8.03. The van der Waals surface area contributed by atoms with Crippen LogP contribution in [0.3, 0.4) is 0 Å². The summed E-state index contributed by atoms with van der Waals surface area (Å²) in [5.74, 6) is -0.757. The van der Waals surface area contributed by atoms with Crippen LogP contribution in [-0.4, -0.2) is 27.2 Å². The molecule has 0 heterocycles. The van der Waals surface area contributed by atoms with Crippen LogP contribution in [0.5, 0.6) is 0 Å². The number of sulfonamides is 1. The molecule has 8 heteroatoms. The zero-order valence-corrected chi connectivity index (χ0v) is 12.4. The van der Waals surface area contributed by atoms with E-state index in [1.165, 1.54) is 19.2 Å². The molecule has 1 fully saturated rings. The van der Waals surface area contributed by atoms with Crippen LogP contribution in [0.2, 0.25) is 0 Å². The number of rotatable bonds is 4. The van der Waals surface area contributed by atoms with E-state index in [9.17, 15) is 13.2 Å². The van der Waals surface area contributed by atoms with Gasteiger partial charge in [0, 0.05) is 5.71 Å². The van der Waals surface area contributed by atoms with Gasteiger partial charge in [0.15, 0.2) is 0 Å². The van der Waals surface area contributed by atoms with Crippen LogP contribution in [0.25, 0.3) is 0 Å². The predicted molar refractivity (Wildman–Crippen MR) is 78.7 cm³/mol. The molecule has 1 aliphatic rings. The number of nitrogens with one attached hydrogen (secondary N) is 1. The predicted octanol–water partition coefficient (Wildman–Crippen LogP) is 1.46. The molecule has 0 bridgehead atoms. The minimum Gasteiger partial charge on any atom is -0.465 e. The molecule has 114 valence electrons. The van der Waals surface area contributed by atoms with E-state index in [-0.39, 0.29) is 10.5 Å². The van der Waals surface area contributed by atoms with Gasteiger partial charge in [-0.1, -0.05) is 0 Å². The molecule has 2 rings (SSSR count). The van der Waals surface area contributed by atoms with E-state index in [1.54, 1.807) is 6.07 Å². The van der Waals surface area contributed by atoms with Crippen molar-refractivity contribution in [3.05, 3.63) is 23.8 Å². The molecule has 0 unspecified atom stereocenters. The second kappa shape index (κ2) is 6.23. The number of methoxy groups -OCH3 is 1. The SMILES string of the molecule is COC(=O)c1ccc(NN=C2CCCC2)cc1S(N)(=O)=O. The molecule has 21 heavy (non-hydrogen) atoms. The van der Waals surface area contributed by atoms with Gasteiger partial charge in [0.2, 0.25) is 10.0 Å². The van der Waals surface area contributed by atoms with Gasteiger partial charge in [-0.05, 0) is 43.9 Å². The third-order valence-electron chi connectivity index (χ3n) is 3.22. The Kier molecular flexibility index (Phi) is 4.59. The van der Waals surface area contributed by atoms with Crippen LogP contribution in [0.4, 0.5) is 5.69 Å². The van der Waals surface area contributed by atoms with E-state index in [0.29, 0.717) is 5.69 Å². The van der Waals surface area contributed by atoms with Gasteiger partial charge in [-0.2, -0.15) is 5.10 Å². The standard InChI is InChI=1S/C13H17N3O4S/c1-20-13(17)11-7-6-10(8-12(11)21(14,18)19)16-15-9-4-2-3-5-9/h6-8,16H,2-5H2,1H3,(H2,14,18,19). The molecule has 1 aliphatic carbocycles. The average molecular weight is 311 g/mol. The lowest BCUT2D eigenvalue weighted by Gasteiger charge is -2.09. The van der Waals surface area contributed by atoms with Gasteiger partial charge >= 0.3 is 5.97 Å². The van der Waals surface area contributed by atoms with Gasteiger partial charge in [-0.15, -0.1) is 0 Å². The number of anilines is 1. The minimum atomic E-state index is -4.04. The maximum Gasteiger partial charge on any atom is 0.339 e. The highest BCUT2D eigenvalue weighted by Crippen LogP contribution is 2.21. The van der Waals surface area contributed by atoms with Crippen molar-refractivity contribution in [1.29, 1.82) is 0 Å². The molecule has 3 N–H and O–H groups in total. The number of ether oxygens (including phenoxy) is 1. The highest BCUT2D eigenvalue weighted by Gasteiger charge is 2.20. The number of nitrogens with two attached hydrogens (primary N) is 1. The van der Waals surface area contributed by atoms with Crippen molar-refractivity contribution in [2.24, 2.45) is 10.2 Å². The number of nitrogens with zero attached hydrogens (tertiary/aromatic N) is 1. The lowest BCUT2D eigenvalue weighted by atomic mass is 10.2. The third kappa shape index (κ3) is 3.79. The second-order valence-electron chi connectivity index (χ2n) is 4.74. The Morgan fingerprint density at radius 3 is 2.57 bits per heavy atom. The molecule has 0 aliphatic heterocycles. The number of carbonyl (C=O) groups is 1.